The predicted molar refractivity (Wildman–Crippen MR) is 94.3 cm³/mol. The number of nitrogens with zero attached hydrogens (tertiary/aromatic N) is 2. The quantitative estimate of drug-likeness (QED) is 0.694. The van der Waals surface area contributed by atoms with Crippen LogP contribution >= 0.6 is 0 Å². The molecule has 0 radical (unpaired) electrons. The van der Waals surface area contributed by atoms with E-state index in [0.29, 0.717) is 17.6 Å². The van der Waals surface area contributed by atoms with E-state index >= 15 is 0 Å². The molecule has 0 aliphatic carbocycles. The van der Waals surface area contributed by atoms with Gasteiger partial charge in [-0.3, -0.25) is 4.79 Å². The summed E-state index contributed by atoms with van der Waals surface area (Å²) in [5.41, 5.74) is 1.63. The summed E-state index contributed by atoms with van der Waals surface area (Å²) in [6, 6.07) is 18.1. The zero-order chi connectivity index (χ0) is 16.5. The van der Waals surface area contributed by atoms with Crippen molar-refractivity contribution in [1.82, 2.24) is 4.90 Å². The fourth-order valence-electron chi connectivity index (χ4n) is 3.75. The molecule has 2 bridgehead atoms. The third-order valence-corrected chi connectivity index (χ3v) is 4.96. The van der Waals surface area contributed by atoms with Crippen molar-refractivity contribution in [3.05, 3.63) is 72.4 Å². The number of para-hydroxylation sites is 2. The summed E-state index contributed by atoms with van der Waals surface area (Å²) < 4.78 is 0. The SMILES string of the molecule is O=C(/C=C/N1CC2CC1CN2c1ccccc1)c1ccccc1O. The monoisotopic (exact) mass is 320 g/mol. The lowest BCUT2D eigenvalue weighted by molar-refractivity contribution is 0.104. The molecule has 2 aliphatic heterocycles. The number of carbonyl (C=O) groups excluding carboxylic acids is 1. The summed E-state index contributed by atoms with van der Waals surface area (Å²) in [5, 5.41) is 9.76. The van der Waals surface area contributed by atoms with Crippen LogP contribution in [0.25, 0.3) is 0 Å². The second kappa shape index (κ2) is 6.04. The average Bonchev–Trinajstić information content (AvgIpc) is 3.21. The highest BCUT2D eigenvalue weighted by Crippen LogP contribution is 2.34. The van der Waals surface area contributed by atoms with E-state index in [4.69, 9.17) is 0 Å². The van der Waals surface area contributed by atoms with Crippen LogP contribution in [0.5, 0.6) is 5.75 Å². The van der Waals surface area contributed by atoms with Crippen molar-refractivity contribution in [1.29, 1.82) is 0 Å². The average molecular weight is 320 g/mol. The molecule has 0 saturated carbocycles. The third kappa shape index (κ3) is 2.64. The molecule has 2 fully saturated rings. The van der Waals surface area contributed by atoms with E-state index in [1.165, 1.54) is 11.8 Å². The van der Waals surface area contributed by atoms with Crippen molar-refractivity contribution in [2.45, 2.75) is 18.5 Å². The van der Waals surface area contributed by atoms with Gasteiger partial charge in [0.2, 0.25) is 0 Å². The van der Waals surface area contributed by atoms with Crippen LogP contribution in [0.2, 0.25) is 0 Å². The number of ketones is 1. The molecular weight excluding hydrogens is 300 g/mol. The molecule has 122 valence electrons. The van der Waals surface area contributed by atoms with Crippen LogP contribution < -0.4 is 4.90 Å². The first-order valence-corrected chi connectivity index (χ1v) is 8.30. The molecule has 2 aromatic rings. The molecule has 0 aromatic heterocycles. The van der Waals surface area contributed by atoms with Crippen molar-refractivity contribution in [3.63, 3.8) is 0 Å². The van der Waals surface area contributed by atoms with Gasteiger partial charge in [-0.25, -0.2) is 0 Å². The number of allylic oxidation sites excluding steroid dienone is 1. The summed E-state index contributed by atoms with van der Waals surface area (Å²) in [5.74, 6) is -0.124. The van der Waals surface area contributed by atoms with E-state index < -0.39 is 0 Å². The third-order valence-electron chi connectivity index (χ3n) is 4.96. The van der Waals surface area contributed by atoms with E-state index in [1.807, 2.05) is 12.3 Å². The number of likely N-dealkylation sites (tertiary alicyclic amines) is 1. The molecule has 2 aliphatic rings. The molecular formula is C20H20N2O2. The van der Waals surface area contributed by atoms with Gasteiger partial charge in [0.15, 0.2) is 5.78 Å². The smallest absolute Gasteiger partial charge is 0.190 e. The van der Waals surface area contributed by atoms with Crippen LogP contribution in [0.4, 0.5) is 5.69 Å². The molecule has 2 atom stereocenters. The number of piperazine rings is 1. The summed E-state index contributed by atoms with van der Waals surface area (Å²) in [4.78, 5) is 16.9. The molecule has 24 heavy (non-hydrogen) atoms. The summed E-state index contributed by atoms with van der Waals surface area (Å²) in [7, 11) is 0. The highest BCUT2D eigenvalue weighted by atomic mass is 16.3. The zero-order valence-electron chi connectivity index (χ0n) is 13.4. The Labute approximate surface area is 141 Å². The van der Waals surface area contributed by atoms with Gasteiger partial charge >= 0.3 is 0 Å². The van der Waals surface area contributed by atoms with Gasteiger partial charge < -0.3 is 14.9 Å². The normalized spacial score (nSPS) is 22.5. The lowest BCUT2D eigenvalue weighted by atomic mass is 10.1. The number of anilines is 1. The van der Waals surface area contributed by atoms with Crippen LogP contribution in [0, 0.1) is 0 Å². The van der Waals surface area contributed by atoms with E-state index in [1.54, 1.807) is 24.3 Å². The number of fused-ring (bicyclic) bond motifs is 2. The molecule has 4 nitrogen and oxygen atoms in total. The van der Waals surface area contributed by atoms with Crippen LogP contribution in [0.3, 0.4) is 0 Å². The van der Waals surface area contributed by atoms with Crippen molar-refractivity contribution < 1.29 is 9.90 Å². The maximum absolute atomic E-state index is 12.2. The fourth-order valence-corrected chi connectivity index (χ4v) is 3.75. The second-order valence-corrected chi connectivity index (χ2v) is 6.43. The topological polar surface area (TPSA) is 43.8 Å². The van der Waals surface area contributed by atoms with E-state index in [2.05, 4.69) is 34.1 Å². The zero-order valence-corrected chi connectivity index (χ0v) is 13.4. The van der Waals surface area contributed by atoms with Gasteiger partial charge in [0.1, 0.15) is 5.75 Å². The molecule has 4 rings (SSSR count). The van der Waals surface area contributed by atoms with Crippen molar-refractivity contribution in [2.24, 2.45) is 0 Å². The van der Waals surface area contributed by atoms with Gasteiger partial charge in [0.25, 0.3) is 0 Å². The second-order valence-electron chi connectivity index (χ2n) is 6.43. The van der Waals surface area contributed by atoms with Crippen molar-refractivity contribution in [3.8, 4) is 5.75 Å². The first-order chi connectivity index (χ1) is 11.7. The molecule has 2 saturated heterocycles. The van der Waals surface area contributed by atoms with Crippen molar-refractivity contribution >= 4 is 11.5 Å². The lowest BCUT2D eigenvalue weighted by Gasteiger charge is -2.35. The largest absolute Gasteiger partial charge is 0.507 e. The van der Waals surface area contributed by atoms with Gasteiger partial charge in [0, 0.05) is 43.1 Å². The van der Waals surface area contributed by atoms with Gasteiger partial charge in [-0.05, 0) is 30.7 Å². The minimum Gasteiger partial charge on any atom is -0.507 e. The van der Waals surface area contributed by atoms with Crippen LogP contribution in [0.1, 0.15) is 16.8 Å². The summed E-state index contributed by atoms with van der Waals surface area (Å²) >= 11 is 0. The van der Waals surface area contributed by atoms with E-state index in [9.17, 15) is 9.90 Å². The molecule has 0 spiro atoms. The Kier molecular flexibility index (Phi) is 3.73. The summed E-state index contributed by atoms with van der Waals surface area (Å²) in [6.45, 7) is 1.92. The number of rotatable bonds is 4. The molecule has 0 amide bonds. The maximum Gasteiger partial charge on any atom is 0.190 e. The van der Waals surface area contributed by atoms with E-state index in [0.717, 1.165) is 19.5 Å². The number of hydrogen-bond donors (Lipinski definition) is 1. The van der Waals surface area contributed by atoms with Gasteiger partial charge in [0.05, 0.1) is 5.56 Å². The number of hydrogen-bond acceptors (Lipinski definition) is 4. The Hall–Kier alpha value is -2.75. The van der Waals surface area contributed by atoms with Crippen LogP contribution in [0.15, 0.2) is 66.9 Å². The molecule has 2 aromatic carbocycles. The minimum absolute atomic E-state index is 0.0327. The van der Waals surface area contributed by atoms with Gasteiger partial charge in [-0.15, -0.1) is 0 Å². The molecule has 1 N–H and O–H groups in total. The highest BCUT2D eigenvalue weighted by molar-refractivity contribution is 6.06. The predicted octanol–water partition coefficient (Wildman–Crippen LogP) is 3.05. The molecule has 2 unspecified atom stereocenters. The number of carbonyl (C=O) groups is 1. The van der Waals surface area contributed by atoms with Gasteiger partial charge in [-0.1, -0.05) is 30.3 Å². The van der Waals surface area contributed by atoms with Crippen LogP contribution in [-0.4, -0.2) is 41.0 Å². The Morgan fingerprint density at radius 1 is 1.00 bits per heavy atom. The molecule has 2 heterocycles. The highest BCUT2D eigenvalue weighted by Gasteiger charge is 2.41. The minimum atomic E-state index is -0.157. The Morgan fingerprint density at radius 2 is 1.75 bits per heavy atom. The fraction of sp³-hybridized carbons (Fsp3) is 0.250. The lowest BCUT2D eigenvalue weighted by Crippen LogP contribution is -2.44. The number of phenols is 1. The van der Waals surface area contributed by atoms with Crippen molar-refractivity contribution in [2.75, 3.05) is 18.0 Å². The first-order valence-electron chi connectivity index (χ1n) is 8.30. The number of phenolic OH excluding ortho intramolecular Hbond substituents is 1. The maximum atomic E-state index is 12.2. The van der Waals surface area contributed by atoms with E-state index in [-0.39, 0.29) is 11.5 Å². The Bertz CT molecular complexity index is 772. The van der Waals surface area contributed by atoms with Gasteiger partial charge in [-0.2, -0.15) is 0 Å². The Balaban J connectivity index is 1.42. The van der Waals surface area contributed by atoms with Crippen LogP contribution in [-0.2, 0) is 0 Å². The number of aromatic hydroxyl groups is 1. The number of benzene rings is 2. The summed E-state index contributed by atoms with van der Waals surface area (Å²) in [6.07, 6.45) is 4.59. The standard InChI is InChI=1S/C20H20N2O2/c23-19-9-5-4-8-18(19)20(24)10-11-21-13-17-12-16(21)14-22(17)15-6-2-1-3-7-15/h1-11,16-17,23H,12-14H2/b11-10+. The first kappa shape index (κ1) is 14.8. The molecule has 4 heteroatoms. The Morgan fingerprint density at radius 3 is 2.46 bits per heavy atom.